The molecule has 0 heterocycles. The molecule has 2 nitrogen and oxygen atoms in total. The number of halogens is 6. The van der Waals surface area contributed by atoms with Gasteiger partial charge in [0.2, 0.25) is 0 Å². The molecule has 1 aromatic rings. The van der Waals surface area contributed by atoms with Crippen molar-refractivity contribution in [3.05, 3.63) is 29.3 Å². The van der Waals surface area contributed by atoms with E-state index in [9.17, 15) is 26.3 Å². The lowest BCUT2D eigenvalue weighted by atomic mass is 10.1. The normalized spacial score (nSPS) is 12.6. The molecule has 0 bridgehead atoms. The summed E-state index contributed by atoms with van der Waals surface area (Å²) < 4.78 is 76.5. The van der Waals surface area contributed by atoms with E-state index < -0.39 is 23.5 Å². The number of anilines is 1. The third-order valence-corrected chi connectivity index (χ3v) is 2.75. The summed E-state index contributed by atoms with van der Waals surface area (Å²) in [5.41, 5.74) is 0.000833. The standard InChI is InChI=1S/C13H16F6N2/c1-3-5-20-21(4-2)11-7-9(12(14,15)16)6-10(8-11)13(17,18)19/h6-8,20H,3-5H2,1-2H3. The fourth-order valence-electron chi connectivity index (χ4n) is 1.73. The second-order valence-electron chi connectivity index (χ2n) is 4.42. The number of rotatable bonds is 5. The molecule has 0 aliphatic heterocycles. The van der Waals surface area contributed by atoms with E-state index in [-0.39, 0.29) is 18.3 Å². The first kappa shape index (κ1) is 17.6. The molecule has 0 aliphatic rings. The lowest BCUT2D eigenvalue weighted by Gasteiger charge is -2.25. The Hall–Kier alpha value is -1.44. The first-order valence-corrected chi connectivity index (χ1v) is 6.40. The average molecular weight is 314 g/mol. The van der Waals surface area contributed by atoms with E-state index in [0.29, 0.717) is 25.1 Å². The summed E-state index contributed by atoms with van der Waals surface area (Å²) >= 11 is 0. The molecule has 0 radical (unpaired) electrons. The van der Waals surface area contributed by atoms with Crippen LogP contribution in [0.15, 0.2) is 18.2 Å². The minimum Gasteiger partial charge on any atom is -0.309 e. The minimum atomic E-state index is -4.83. The first-order chi connectivity index (χ1) is 9.59. The van der Waals surface area contributed by atoms with Gasteiger partial charge in [-0.2, -0.15) is 26.3 Å². The van der Waals surface area contributed by atoms with E-state index in [4.69, 9.17) is 0 Å². The fraction of sp³-hybridized carbons (Fsp3) is 0.538. The zero-order valence-corrected chi connectivity index (χ0v) is 11.6. The van der Waals surface area contributed by atoms with E-state index in [1.54, 1.807) is 6.92 Å². The van der Waals surface area contributed by atoms with Crippen LogP contribution in [-0.2, 0) is 12.4 Å². The Morgan fingerprint density at radius 3 is 1.71 bits per heavy atom. The molecule has 0 aromatic heterocycles. The summed E-state index contributed by atoms with van der Waals surface area (Å²) in [7, 11) is 0. The maximum absolute atomic E-state index is 12.7. The predicted octanol–water partition coefficient (Wildman–Crippen LogP) is 4.47. The summed E-state index contributed by atoms with van der Waals surface area (Å²) in [6, 6.07) is 1.54. The van der Waals surface area contributed by atoms with Crippen molar-refractivity contribution < 1.29 is 26.3 Å². The van der Waals surface area contributed by atoms with Gasteiger partial charge in [-0.25, -0.2) is 5.43 Å². The maximum Gasteiger partial charge on any atom is 0.416 e. The number of hydrazine groups is 1. The first-order valence-electron chi connectivity index (χ1n) is 6.40. The van der Waals surface area contributed by atoms with Crippen LogP contribution >= 0.6 is 0 Å². The van der Waals surface area contributed by atoms with E-state index in [1.807, 2.05) is 6.92 Å². The van der Waals surface area contributed by atoms with Crippen molar-refractivity contribution in [1.82, 2.24) is 5.43 Å². The Morgan fingerprint density at radius 1 is 0.905 bits per heavy atom. The van der Waals surface area contributed by atoms with Crippen LogP contribution in [0.3, 0.4) is 0 Å². The number of alkyl halides is 6. The monoisotopic (exact) mass is 314 g/mol. The van der Waals surface area contributed by atoms with E-state index in [0.717, 1.165) is 0 Å². The van der Waals surface area contributed by atoms with Gasteiger partial charge in [0, 0.05) is 13.1 Å². The molecular weight excluding hydrogens is 298 g/mol. The SMILES string of the molecule is CCCNN(CC)c1cc(C(F)(F)F)cc(C(F)(F)F)c1. The van der Waals surface area contributed by atoms with Crippen molar-refractivity contribution in [2.75, 3.05) is 18.1 Å². The van der Waals surface area contributed by atoms with E-state index >= 15 is 0 Å². The zero-order valence-electron chi connectivity index (χ0n) is 11.6. The van der Waals surface area contributed by atoms with Gasteiger partial charge < -0.3 is 5.01 Å². The van der Waals surface area contributed by atoms with E-state index in [2.05, 4.69) is 5.43 Å². The van der Waals surface area contributed by atoms with Crippen molar-refractivity contribution in [3.63, 3.8) is 0 Å². The number of hydrogen-bond acceptors (Lipinski definition) is 2. The summed E-state index contributed by atoms with van der Waals surface area (Å²) in [5.74, 6) is 0. The van der Waals surface area contributed by atoms with Crippen LogP contribution in [0, 0.1) is 0 Å². The van der Waals surface area contributed by atoms with Crippen LogP contribution in [0.2, 0.25) is 0 Å². The van der Waals surface area contributed by atoms with Crippen LogP contribution in [0.1, 0.15) is 31.4 Å². The summed E-state index contributed by atoms with van der Waals surface area (Å²) in [4.78, 5) is 0. The Balaban J connectivity index is 3.30. The van der Waals surface area contributed by atoms with Crippen molar-refractivity contribution in [2.24, 2.45) is 0 Å². The maximum atomic E-state index is 12.7. The third kappa shape index (κ3) is 4.80. The summed E-state index contributed by atoms with van der Waals surface area (Å²) in [6.45, 7) is 4.16. The van der Waals surface area contributed by atoms with Gasteiger partial charge in [-0.15, -0.1) is 0 Å². The molecule has 21 heavy (non-hydrogen) atoms. The second kappa shape index (κ2) is 6.55. The molecule has 0 saturated carbocycles. The van der Waals surface area contributed by atoms with Crippen LogP contribution < -0.4 is 10.4 Å². The summed E-state index contributed by atoms with van der Waals surface area (Å²) in [5, 5.41) is 1.27. The Bertz CT molecular complexity index is 434. The van der Waals surface area contributed by atoms with Gasteiger partial charge >= 0.3 is 12.4 Å². The van der Waals surface area contributed by atoms with E-state index in [1.165, 1.54) is 5.01 Å². The van der Waals surface area contributed by atoms with Crippen molar-refractivity contribution in [2.45, 2.75) is 32.6 Å². The van der Waals surface area contributed by atoms with Crippen LogP contribution in [0.25, 0.3) is 0 Å². The highest BCUT2D eigenvalue weighted by Crippen LogP contribution is 2.38. The van der Waals surface area contributed by atoms with Gasteiger partial charge in [0.15, 0.2) is 0 Å². The topological polar surface area (TPSA) is 15.3 Å². The third-order valence-electron chi connectivity index (χ3n) is 2.75. The molecular formula is C13H16F6N2. The average Bonchev–Trinajstić information content (AvgIpc) is 2.37. The second-order valence-corrected chi connectivity index (χ2v) is 4.42. The Labute approximate surface area is 118 Å². The van der Waals surface area contributed by atoms with Crippen LogP contribution in [0.5, 0.6) is 0 Å². The largest absolute Gasteiger partial charge is 0.416 e. The molecule has 1 rings (SSSR count). The number of nitrogens with one attached hydrogen (secondary N) is 1. The molecule has 1 N–H and O–H groups in total. The van der Waals surface area contributed by atoms with Crippen molar-refractivity contribution >= 4 is 5.69 Å². The van der Waals surface area contributed by atoms with Gasteiger partial charge in [0.05, 0.1) is 16.8 Å². The van der Waals surface area contributed by atoms with Gasteiger partial charge in [-0.05, 0) is 31.5 Å². The van der Waals surface area contributed by atoms with Gasteiger partial charge in [-0.1, -0.05) is 6.92 Å². The smallest absolute Gasteiger partial charge is 0.309 e. The molecule has 0 amide bonds. The zero-order chi connectivity index (χ0) is 16.3. The van der Waals surface area contributed by atoms with Crippen molar-refractivity contribution in [1.29, 1.82) is 0 Å². The fourth-order valence-corrected chi connectivity index (χ4v) is 1.73. The lowest BCUT2D eigenvalue weighted by molar-refractivity contribution is -0.143. The number of nitrogens with zero attached hydrogens (tertiary/aromatic N) is 1. The molecule has 0 fully saturated rings. The van der Waals surface area contributed by atoms with Gasteiger partial charge in [-0.3, -0.25) is 0 Å². The van der Waals surface area contributed by atoms with Crippen molar-refractivity contribution in [3.8, 4) is 0 Å². The number of hydrogen-bond donors (Lipinski definition) is 1. The van der Waals surface area contributed by atoms with Gasteiger partial charge in [0.25, 0.3) is 0 Å². The quantitative estimate of drug-likeness (QED) is 0.637. The Morgan fingerprint density at radius 2 is 1.38 bits per heavy atom. The highest BCUT2D eigenvalue weighted by molar-refractivity contribution is 5.51. The lowest BCUT2D eigenvalue weighted by Crippen LogP contribution is -2.38. The van der Waals surface area contributed by atoms with Crippen LogP contribution in [-0.4, -0.2) is 13.1 Å². The molecule has 0 aliphatic carbocycles. The summed E-state index contributed by atoms with van der Waals surface area (Å²) in [6.07, 6.45) is -8.97. The minimum absolute atomic E-state index is 0.122. The molecule has 0 spiro atoms. The molecule has 1 aromatic carbocycles. The molecule has 0 saturated heterocycles. The van der Waals surface area contributed by atoms with Gasteiger partial charge in [0.1, 0.15) is 0 Å². The highest BCUT2D eigenvalue weighted by Gasteiger charge is 2.37. The Kier molecular flexibility index (Phi) is 5.49. The molecule has 120 valence electrons. The molecule has 0 unspecified atom stereocenters. The van der Waals surface area contributed by atoms with Crippen LogP contribution in [0.4, 0.5) is 32.0 Å². The molecule has 0 atom stereocenters. The highest BCUT2D eigenvalue weighted by atomic mass is 19.4. The number of benzene rings is 1. The molecule has 8 heteroatoms. The predicted molar refractivity (Wildman–Crippen MR) is 67.8 cm³/mol.